The molecule has 0 aliphatic rings. The van der Waals surface area contributed by atoms with Gasteiger partial charge in [-0.2, -0.15) is 13.2 Å². The van der Waals surface area contributed by atoms with Crippen molar-refractivity contribution in [1.29, 1.82) is 0 Å². The minimum Gasteiger partial charge on any atom is -0.488 e. The van der Waals surface area contributed by atoms with Crippen LogP contribution in [0.4, 0.5) is 13.2 Å². The van der Waals surface area contributed by atoms with Crippen molar-refractivity contribution in [2.75, 3.05) is 0 Å². The second-order valence-electron chi connectivity index (χ2n) is 6.78. The topological polar surface area (TPSA) is 22.1 Å². The number of nitrogens with zero attached hydrogens (tertiary/aromatic N) is 1. The van der Waals surface area contributed by atoms with Crippen LogP contribution in [0.5, 0.6) is 5.75 Å². The molecule has 0 unspecified atom stereocenters. The quantitative estimate of drug-likeness (QED) is 0.333. The van der Waals surface area contributed by atoms with Crippen LogP contribution in [0.25, 0.3) is 21.7 Å². The second-order valence-corrected chi connectivity index (χ2v) is 7.87. The number of halogens is 3. The van der Waals surface area contributed by atoms with Crippen LogP contribution in [0.3, 0.4) is 0 Å². The molecule has 1 heterocycles. The van der Waals surface area contributed by atoms with Crippen molar-refractivity contribution < 1.29 is 17.9 Å². The lowest BCUT2D eigenvalue weighted by Crippen LogP contribution is -2.03. The van der Waals surface area contributed by atoms with Gasteiger partial charge in [0.25, 0.3) is 0 Å². The minimum absolute atomic E-state index is 0.356. The molecular formula is C24H18F3NOS. The highest BCUT2D eigenvalue weighted by Gasteiger charge is 2.30. The van der Waals surface area contributed by atoms with Gasteiger partial charge in [0.2, 0.25) is 0 Å². The van der Waals surface area contributed by atoms with Crippen molar-refractivity contribution >= 4 is 11.3 Å². The maximum absolute atomic E-state index is 12.7. The summed E-state index contributed by atoms with van der Waals surface area (Å²) in [7, 11) is 0. The molecule has 6 heteroatoms. The van der Waals surface area contributed by atoms with Crippen molar-refractivity contribution in [3.63, 3.8) is 0 Å². The fourth-order valence-electron chi connectivity index (χ4n) is 3.01. The predicted molar refractivity (Wildman–Crippen MR) is 113 cm³/mol. The monoisotopic (exact) mass is 425 g/mol. The van der Waals surface area contributed by atoms with Gasteiger partial charge in [0.05, 0.1) is 16.1 Å². The summed E-state index contributed by atoms with van der Waals surface area (Å²) in [6, 6.07) is 23.0. The summed E-state index contributed by atoms with van der Waals surface area (Å²) in [6.07, 6.45) is -4.34. The van der Waals surface area contributed by atoms with E-state index in [0.717, 1.165) is 39.6 Å². The number of hydrogen-bond acceptors (Lipinski definition) is 3. The number of hydrogen-bond donors (Lipinski definition) is 0. The molecule has 3 aromatic carbocycles. The third-order valence-electron chi connectivity index (χ3n) is 4.68. The standard InChI is InChI=1S/C24H18F3NOS/c1-16-22(30-23(28-16)19-7-11-20(12-8-19)24(25,26)27)15-29-21-13-9-18(10-14-21)17-5-3-2-4-6-17/h2-14H,15H2,1H3. The fraction of sp³-hybridized carbons (Fsp3) is 0.125. The molecule has 0 bridgehead atoms. The maximum Gasteiger partial charge on any atom is 0.416 e. The first-order valence-corrected chi connectivity index (χ1v) is 10.1. The normalized spacial score (nSPS) is 11.5. The summed E-state index contributed by atoms with van der Waals surface area (Å²) in [6.45, 7) is 2.23. The Morgan fingerprint density at radius 1 is 0.800 bits per heavy atom. The molecule has 0 saturated carbocycles. The molecule has 0 amide bonds. The molecule has 0 fully saturated rings. The molecule has 152 valence electrons. The molecule has 0 radical (unpaired) electrons. The average Bonchev–Trinajstić information content (AvgIpc) is 3.13. The molecule has 0 atom stereocenters. The van der Waals surface area contributed by atoms with E-state index in [1.807, 2.05) is 49.4 Å². The SMILES string of the molecule is Cc1nc(-c2ccc(C(F)(F)F)cc2)sc1COc1ccc(-c2ccccc2)cc1. The molecule has 0 aliphatic heterocycles. The Morgan fingerprint density at radius 2 is 1.40 bits per heavy atom. The van der Waals surface area contributed by atoms with Gasteiger partial charge in [-0.15, -0.1) is 11.3 Å². The van der Waals surface area contributed by atoms with Crippen molar-refractivity contribution in [3.05, 3.63) is 95.0 Å². The van der Waals surface area contributed by atoms with Crippen LogP contribution in [0.15, 0.2) is 78.9 Å². The van der Waals surface area contributed by atoms with Gasteiger partial charge in [-0.3, -0.25) is 0 Å². The van der Waals surface area contributed by atoms with Gasteiger partial charge in [0.15, 0.2) is 0 Å². The van der Waals surface area contributed by atoms with Crippen LogP contribution in [-0.4, -0.2) is 4.98 Å². The van der Waals surface area contributed by atoms with Gasteiger partial charge in [0.1, 0.15) is 17.4 Å². The Morgan fingerprint density at radius 3 is 2.03 bits per heavy atom. The Balaban J connectivity index is 1.44. The summed E-state index contributed by atoms with van der Waals surface area (Å²) < 4.78 is 44.1. The number of rotatable bonds is 5. The van der Waals surface area contributed by atoms with Crippen molar-refractivity contribution in [2.24, 2.45) is 0 Å². The molecule has 2 nitrogen and oxygen atoms in total. The van der Waals surface area contributed by atoms with E-state index in [-0.39, 0.29) is 0 Å². The largest absolute Gasteiger partial charge is 0.488 e. The van der Waals surface area contributed by atoms with Crippen LogP contribution in [-0.2, 0) is 12.8 Å². The van der Waals surface area contributed by atoms with E-state index < -0.39 is 11.7 Å². The summed E-state index contributed by atoms with van der Waals surface area (Å²) in [5, 5.41) is 0.680. The van der Waals surface area contributed by atoms with Crippen LogP contribution in [0.1, 0.15) is 16.1 Å². The highest BCUT2D eigenvalue weighted by molar-refractivity contribution is 7.15. The molecular weight excluding hydrogens is 407 g/mol. The van der Waals surface area contributed by atoms with Gasteiger partial charge in [-0.1, -0.05) is 54.6 Å². The summed E-state index contributed by atoms with van der Waals surface area (Å²) in [4.78, 5) is 5.44. The molecule has 4 aromatic rings. The third-order valence-corrected chi connectivity index (χ3v) is 5.86. The van der Waals surface area contributed by atoms with Crippen LogP contribution in [0.2, 0.25) is 0 Å². The van der Waals surface area contributed by atoms with E-state index in [1.165, 1.54) is 23.5 Å². The van der Waals surface area contributed by atoms with Gasteiger partial charge in [-0.05, 0) is 42.3 Å². The van der Waals surface area contributed by atoms with E-state index in [2.05, 4.69) is 17.1 Å². The van der Waals surface area contributed by atoms with Gasteiger partial charge >= 0.3 is 6.18 Å². The Hall–Kier alpha value is -3.12. The summed E-state index contributed by atoms with van der Waals surface area (Å²) >= 11 is 1.43. The smallest absolute Gasteiger partial charge is 0.416 e. The first kappa shape index (κ1) is 20.2. The number of ether oxygens (including phenoxy) is 1. The average molecular weight is 425 g/mol. The van der Waals surface area contributed by atoms with Gasteiger partial charge in [0, 0.05) is 5.56 Å². The van der Waals surface area contributed by atoms with E-state index in [4.69, 9.17) is 4.74 Å². The first-order valence-electron chi connectivity index (χ1n) is 9.32. The lowest BCUT2D eigenvalue weighted by molar-refractivity contribution is -0.137. The lowest BCUT2D eigenvalue weighted by Gasteiger charge is -2.07. The molecule has 0 aliphatic carbocycles. The summed E-state index contributed by atoms with van der Waals surface area (Å²) in [5.41, 5.74) is 3.07. The third kappa shape index (κ3) is 4.54. The van der Waals surface area contributed by atoms with E-state index in [9.17, 15) is 13.2 Å². The zero-order chi connectivity index (χ0) is 21.1. The zero-order valence-corrected chi connectivity index (χ0v) is 16.9. The fourth-order valence-corrected chi connectivity index (χ4v) is 3.99. The highest BCUT2D eigenvalue weighted by Crippen LogP contribution is 2.33. The van der Waals surface area contributed by atoms with E-state index in [0.29, 0.717) is 17.2 Å². The molecule has 4 rings (SSSR count). The van der Waals surface area contributed by atoms with Crippen molar-refractivity contribution in [2.45, 2.75) is 19.7 Å². The van der Waals surface area contributed by atoms with Crippen LogP contribution >= 0.6 is 11.3 Å². The molecule has 1 aromatic heterocycles. The Labute approximate surface area is 176 Å². The second kappa shape index (κ2) is 8.32. The Kier molecular flexibility index (Phi) is 5.59. The highest BCUT2D eigenvalue weighted by atomic mass is 32.1. The predicted octanol–water partition coefficient (Wildman–Crippen LogP) is 7.38. The van der Waals surface area contributed by atoms with Crippen molar-refractivity contribution in [1.82, 2.24) is 4.98 Å². The van der Waals surface area contributed by atoms with Crippen molar-refractivity contribution in [3.8, 4) is 27.4 Å². The number of alkyl halides is 3. The van der Waals surface area contributed by atoms with E-state index in [1.54, 1.807) is 0 Å². The van der Waals surface area contributed by atoms with E-state index >= 15 is 0 Å². The number of aromatic nitrogens is 1. The minimum atomic E-state index is -4.34. The van der Waals surface area contributed by atoms with Crippen LogP contribution in [0, 0.1) is 6.92 Å². The molecule has 0 spiro atoms. The number of benzene rings is 3. The zero-order valence-electron chi connectivity index (χ0n) is 16.1. The lowest BCUT2D eigenvalue weighted by atomic mass is 10.1. The molecule has 0 N–H and O–H groups in total. The number of aryl methyl sites for hydroxylation is 1. The summed E-state index contributed by atoms with van der Waals surface area (Å²) in [5.74, 6) is 0.749. The van der Waals surface area contributed by atoms with Gasteiger partial charge < -0.3 is 4.74 Å². The molecule has 30 heavy (non-hydrogen) atoms. The Bertz CT molecular complexity index is 1120. The maximum atomic E-state index is 12.7. The molecule has 0 saturated heterocycles. The number of thiazole rings is 1. The van der Waals surface area contributed by atoms with Crippen LogP contribution < -0.4 is 4.74 Å². The first-order chi connectivity index (χ1) is 14.4. The van der Waals surface area contributed by atoms with Gasteiger partial charge in [-0.25, -0.2) is 4.98 Å².